The van der Waals surface area contributed by atoms with Crippen LogP contribution in [-0.2, 0) is 23.3 Å². The van der Waals surface area contributed by atoms with Crippen LogP contribution >= 0.6 is 23.2 Å². The number of aryl methyl sites for hydroxylation is 1. The van der Waals surface area contributed by atoms with Crippen molar-refractivity contribution < 1.29 is 27.9 Å². The summed E-state index contributed by atoms with van der Waals surface area (Å²) in [5.41, 5.74) is 0.557. The van der Waals surface area contributed by atoms with Crippen LogP contribution in [0.1, 0.15) is 32.9 Å². The molecule has 3 N–H and O–H groups in total. The molecular weight excluding hydrogens is 532 g/mol. The molecule has 4 aromatic rings. The second kappa shape index (κ2) is 10.4. The standard InChI is InChI=1S/C25H19Cl2F3N4O3/c1-12-3-2-4-15(27)20(12)23(35)32-18(24(36)37)10-13-5-7-16-14(9-13)6-8-17(31-16)21-19(11-26)33-34-22(21)25(28,29)30/h2-9,18H,10-11H2,1H3,(H,32,35)(H,33,34)(H,36,37). The van der Waals surface area contributed by atoms with Gasteiger partial charge in [-0.3, -0.25) is 9.89 Å². The maximum absolute atomic E-state index is 13.4. The van der Waals surface area contributed by atoms with Crippen LogP contribution in [0.25, 0.3) is 22.2 Å². The molecule has 0 aliphatic carbocycles. The fraction of sp³-hybridized carbons (Fsp3) is 0.200. The number of hydrogen-bond acceptors (Lipinski definition) is 4. The van der Waals surface area contributed by atoms with E-state index in [1.54, 1.807) is 49.4 Å². The van der Waals surface area contributed by atoms with Gasteiger partial charge in [0, 0.05) is 11.8 Å². The summed E-state index contributed by atoms with van der Waals surface area (Å²) in [5.74, 6) is -2.06. The number of benzene rings is 2. The molecule has 2 aromatic heterocycles. The van der Waals surface area contributed by atoms with Crippen molar-refractivity contribution in [2.24, 2.45) is 0 Å². The molecule has 1 amide bonds. The molecule has 7 nitrogen and oxygen atoms in total. The highest BCUT2D eigenvalue weighted by molar-refractivity contribution is 6.34. The lowest BCUT2D eigenvalue weighted by Crippen LogP contribution is -2.42. The van der Waals surface area contributed by atoms with Crippen molar-refractivity contribution in [2.75, 3.05) is 0 Å². The smallest absolute Gasteiger partial charge is 0.435 e. The van der Waals surface area contributed by atoms with Crippen molar-refractivity contribution in [3.05, 3.63) is 81.6 Å². The van der Waals surface area contributed by atoms with Gasteiger partial charge in [-0.1, -0.05) is 35.9 Å². The lowest BCUT2D eigenvalue weighted by Gasteiger charge is -2.16. The second-order valence-electron chi connectivity index (χ2n) is 8.28. The third-order valence-corrected chi connectivity index (χ3v) is 6.33. The van der Waals surface area contributed by atoms with Crippen molar-refractivity contribution in [3.63, 3.8) is 0 Å². The predicted molar refractivity (Wildman–Crippen MR) is 133 cm³/mol. The number of alkyl halides is 4. The van der Waals surface area contributed by atoms with E-state index in [1.807, 2.05) is 0 Å². The third-order valence-electron chi connectivity index (χ3n) is 5.75. The molecule has 2 heterocycles. The molecular formula is C25H19Cl2F3N4O3. The largest absolute Gasteiger partial charge is 0.480 e. The molecule has 0 saturated carbocycles. The van der Waals surface area contributed by atoms with Gasteiger partial charge in [-0.25, -0.2) is 9.78 Å². The molecule has 1 unspecified atom stereocenters. The van der Waals surface area contributed by atoms with Crippen LogP contribution in [0, 0.1) is 6.92 Å². The average Bonchev–Trinajstić information content (AvgIpc) is 3.28. The Morgan fingerprint density at radius 1 is 1.16 bits per heavy atom. The quantitative estimate of drug-likeness (QED) is 0.253. The summed E-state index contributed by atoms with van der Waals surface area (Å²) < 4.78 is 40.3. The van der Waals surface area contributed by atoms with Gasteiger partial charge < -0.3 is 10.4 Å². The number of pyridine rings is 1. The van der Waals surface area contributed by atoms with Crippen LogP contribution in [0.2, 0.25) is 5.02 Å². The molecule has 0 saturated heterocycles. The number of carboxylic acid groups (broad SMARTS) is 1. The molecule has 0 fully saturated rings. The summed E-state index contributed by atoms with van der Waals surface area (Å²) in [4.78, 5) is 29.0. The van der Waals surface area contributed by atoms with Gasteiger partial charge in [0.2, 0.25) is 0 Å². The van der Waals surface area contributed by atoms with Crippen LogP contribution < -0.4 is 5.32 Å². The minimum absolute atomic E-state index is 0.0430. The summed E-state index contributed by atoms with van der Waals surface area (Å²) in [7, 11) is 0. The molecule has 0 bridgehead atoms. The van der Waals surface area contributed by atoms with Crippen molar-refractivity contribution in [1.29, 1.82) is 0 Å². The van der Waals surface area contributed by atoms with Crippen LogP contribution in [-0.4, -0.2) is 38.2 Å². The Morgan fingerprint density at radius 3 is 2.57 bits per heavy atom. The molecule has 192 valence electrons. The Morgan fingerprint density at radius 2 is 1.92 bits per heavy atom. The molecule has 0 radical (unpaired) electrons. The molecule has 0 spiro atoms. The summed E-state index contributed by atoms with van der Waals surface area (Å²) in [6.45, 7) is 1.69. The van der Waals surface area contributed by atoms with Gasteiger partial charge >= 0.3 is 12.1 Å². The van der Waals surface area contributed by atoms with E-state index < -0.39 is 29.8 Å². The van der Waals surface area contributed by atoms with Crippen LogP contribution in [0.3, 0.4) is 0 Å². The van der Waals surface area contributed by atoms with Gasteiger partial charge in [0.05, 0.1) is 38.9 Å². The Bertz CT molecular complexity index is 1480. The summed E-state index contributed by atoms with van der Waals surface area (Å²) >= 11 is 11.9. The minimum atomic E-state index is -4.70. The molecule has 12 heteroatoms. The zero-order valence-electron chi connectivity index (χ0n) is 19.2. The topological polar surface area (TPSA) is 108 Å². The van der Waals surface area contributed by atoms with E-state index in [0.29, 0.717) is 22.0 Å². The fourth-order valence-corrected chi connectivity index (χ4v) is 4.48. The van der Waals surface area contributed by atoms with Gasteiger partial charge in [0.15, 0.2) is 5.69 Å². The first-order valence-corrected chi connectivity index (χ1v) is 11.8. The first kappa shape index (κ1) is 26.4. The number of carbonyl (C=O) groups excluding carboxylic acids is 1. The number of hydrogen-bond donors (Lipinski definition) is 3. The maximum Gasteiger partial charge on any atom is 0.435 e. The van der Waals surface area contributed by atoms with E-state index in [1.165, 1.54) is 6.07 Å². The first-order chi connectivity index (χ1) is 17.5. The Balaban J connectivity index is 1.61. The second-order valence-corrected chi connectivity index (χ2v) is 8.96. The lowest BCUT2D eigenvalue weighted by molar-refractivity contribution is -0.141. The number of nitrogens with zero attached hydrogens (tertiary/aromatic N) is 2. The van der Waals surface area contributed by atoms with Gasteiger partial charge in [0.25, 0.3) is 5.91 Å². The molecule has 37 heavy (non-hydrogen) atoms. The Labute approximate surface area is 218 Å². The van der Waals surface area contributed by atoms with Crippen molar-refractivity contribution >= 4 is 46.0 Å². The van der Waals surface area contributed by atoms with E-state index in [4.69, 9.17) is 23.2 Å². The van der Waals surface area contributed by atoms with E-state index in [0.717, 1.165) is 0 Å². The summed E-state index contributed by atoms with van der Waals surface area (Å²) in [6, 6.07) is 11.5. The zero-order valence-corrected chi connectivity index (χ0v) is 20.7. The molecule has 2 aromatic carbocycles. The molecule has 0 aliphatic rings. The Kier molecular flexibility index (Phi) is 7.42. The molecule has 0 aliphatic heterocycles. The van der Waals surface area contributed by atoms with E-state index in [2.05, 4.69) is 20.5 Å². The van der Waals surface area contributed by atoms with Crippen LogP contribution in [0.5, 0.6) is 0 Å². The number of nitrogens with one attached hydrogen (secondary N) is 2. The normalized spacial score (nSPS) is 12.5. The summed E-state index contributed by atoms with van der Waals surface area (Å²) in [5, 5.41) is 18.6. The van der Waals surface area contributed by atoms with E-state index in [-0.39, 0.29) is 39.8 Å². The van der Waals surface area contributed by atoms with E-state index in [9.17, 15) is 27.9 Å². The number of aromatic amines is 1. The Hall–Kier alpha value is -3.63. The van der Waals surface area contributed by atoms with Crippen LogP contribution in [0.4, 0.5) is 13.2 Å². The molecule has 4 rings (SSSR count). The minimum Gasteiger partial charge on any atom is -0.480 e. The van der Waals surface area contributed by atoms with Gasteiger partial charge in [-0.05, 0) is 42.3 Å². The number of amides is 1. The first-order valence-electron chi connectivity index (χ1n) is 10.9. The zero-order chi connectivity index (χ0) is 26.9. The van der Waals surface area contributed by atoms with Gasteiger partial charge in [-0.2, -0.15) is 18.3 Å². The van der Waals surface area contributed by atoms with Gasteiger partial charge in [-0.15, -0.1) is 11.6 Å². The lowest BCUT2D eigenvalue weighted by atomic mass is 10.0. The number of carboxylic acids is 1. The predicted octanol–water partition coefficient (Wildman–Crippen LogP) is 5.77. The highest BCUT2D eigenvalue weighted by atomic mass is 35.5. The van der Waals surface area contributed by atoms with Crippen LogP contribution in [0.15, 0.2) is 48.5 Å². The number of carbonyl (C=O) groups is 2. The number of aromatic nitrogens is 3. The SMILES string of the molecule is Cc1cccc(Cl)c1C(=O)NC(Cc1ccc2nc(-c3c(C(F)(F)F)n[nH]c3CCl)ccc2c1)C(=O)O. The average molecular weight is 551 g/mol. The number of fused-ring (bicyclic) bond motifs is 1. The highest BCUT2D eigenvalue weighted by Crippen LogP contribution is 2.37. The monoisotopic (exact) mass is 550 g/mol. The number of rotatable bonds is 7. The summed E-state index contributed by atoms with van der Waals surface area (Å²) in [6.07, 6.45) is -4.74. The molecule has 1 atom stereocenters. The fourth-order valence-electron chi connectivity index (χ4n) is 3.98. The number of halogens is 5. The van der Waals surface area contributed by atoms with Crippen molar-refractivity contribution in [3.8, 4) is 11.3 Å². The number of aliphatic carboxylic acids is 1. The van der Waals surface area contributed by atoms with Gasteiger partial charge in [0.1, 0.15) is 6.04 Å². The highest BCUT2D eigenvalue weighted by Gasteiger charge is 2.38. The van der Waals surface area contributed by atoms with E-state index >= 15 is 0 Å². The van der Waals surface area contributed by atoms with Crippen molar-refractivity contribution in [2.45, 2.75) is 31.4 Å². The van der Waals surface area contributed by atoms with Crippen molar-refractivity contribution in [1.82, 2.24) is 20.5 Å². The third kappa shape index (κ3) is 5.55. The maximum atomic E-state index is 13.4. The number of H-pyrrole nitrogens is 1.